The van der Waals surface area contributed by atoms with Gasteiger partial charge in [-0.25, -0.2) is 0 Å². The topological polar surface area (TPSA) is 0 Å². The molecule has 0 spiro atoms. The fourth-order valence-electron chi connectivity index (χ4n) is 3.31. The molecule has 0 aliphatic heterocycles. The third-order valence-electron chi connectivity index (χ3n) is 3.95. The Labute approximate surface area is 70.4 Å². The third-order valence-corrected chi connectivity index (χ3v) is 3.95. The Kier molecular flexibility index (Phi) is 1.95. The molecule has 64 valence electrons. The Morgan fingerprint density at radius 3 is 2.45 bits per heavy atom. The molecule has 0 radical (unpaired) electrons. The van der Waals surface area contributed by atoms with Crippen LogP contribution in [0.25, 0.3) is 0 Å². The average Bonchev–Trinajstić information content (AvgIpc) is 2.32. The Balaban J connectivity index is 2.01. The fraction of sp³-hybridized carbons (Fsp3) is 1.00. The van der Waals surface area contributed by atoms with Crippen molar-refractivity contribution in [3.05, 3.63) is 0 Å². The van der Waals surface area contributed by atoms with Gasteiger partial charge in [0.05, 0.1) is 0 Å². The van der Waals surface area contributed by atoms with Gasteiger partial charge in [-0.1, -0.05) is 26.7 Å². The molecule has 2 rings (SSSR count). The van der Waals surface area contributed by atoms with E-state index >= 15 is 0 Å². The highest BCUT2D eigenvalue weighted by molar-refractivity contribution is 4.87. The van der Waals surface area contributed by atoms with Gasteiger partial charge in [-0.15, -0.1) is 0 Å². The summed E-state index contributed by atoms with van der Waals surface area (Å²) in [4.78, 5) is 0. The lowest BCUT2D eigenvalue weighted by atomic mass is 9.74. The Morgan fingerprint density at radius 1 is 1.00 bits per heavy atom. The van der Waals surface area contributed by atoms with E-state index in [1.807, 2.05) is 0 Å². The van der Waals surface area contributed by atoms with Crippen molar-refractivity contribution >= 4 is 0 Å². The van der Waals surface area contributed by atoms with Crippen LogP contribution in [0.2, 0.25) is 0 Å². The maximum absolute atomic E-state index is 2.41. The number of hydrogen-bond donors (Lipinski definition) is 0. The van der Waals surface area contributed by atoms with Crippen LogP contribution in [0.5, 0.6) is 0 Å². The van der Waals surface area contributed by atoms with Crippen LogP contribution in [0.15, 0.2) is 0 Å². The molecule has 2 saturated carbocycles. The Morgan fingerprint density at radius 2 is 1.73 bits per heavy atom. The molecule has 0 aromatic heterocycles. The first-order valence-corrected chi connectivity index (χ1v) is 5.27. The average molecular weight is 152 g/mol. The minimum Gasteiger partial charge on any atom is -0.0625 e. The summed E-state index contributed by atoms with van der Waals surface area (Å²) in [5.41, 5.74) is 0. The van der Waals surface area contributed by atoms with E-state index in [-0.39, 0.29) is 0 Å². The summed E-state index contributed by atoms with van der Waals surface area (Å²) < 4.78 is 0. The van der Waals surface area contributed by atoms with Gasteiger partial charge >= 0.3 is 0 Å². The van der Waals surface area contributed by atoms with Gasteiger partial charge in [-0.05, 0) is 42.9 Å². The molecule has 0 aromatic carbocycles. The van der Waals surface area contributed by atoms with E-state index in [0.717, 1.165) is 23.7 Å². The van der Waals surface area contributed by atoms with Crippen molar-refractivity contribution in [2.75, 3.05) is 0 Å². The molecule has 2 aliphatic carbocycles. The van der Waals surface area contributed by atoms with Gasteiger partial charge in [-0.3, -0.25) is 0 Å². The molecule has 0 heteroatoms. The zero-order valence-corrected chi connectivity index (χ0v) is 7.84. The fourth-order valence-corrected chi connectivity index (χ4v) is 3.31. The maximum Gasteiger partial charge on any atom is -0.0362 e. The van der Waals surface area contributed by atoms with Crippen LogP contribution in [-0.4, -0.2) is 0 Å². The summed E-state index contributed by atoms with van der Waals surface area (Å²) in [6, 6.07) is 0. The molecule has 0 saturated heterocycles. The van der Waals surface area contributed by atoms with Gasteiger partial charge in [0.15, 0.2) is 0 Å². The molecule has 0 aromatic rings. The Bertz CT molecular complexity index is 137. The Hall–Kier alpha value is 0. The van der Waals surface area contributed by atoms with Crippen LogP contribution in [0.3, 0.4) is 0 Å². The third kappa shape index (κ3) is 1.32. The van der Waals surface area contributed by atoms with Crippen LogP contribution in [-0.2, 0) is 0 Å². The maximum atomic E-state index is 2.41. The molecule has 2 bridgehead atoms. The van der Waals surface area contributed by atoms with Crippen molar-refractivity contribution in [3.63, 3.8) is 0 Å². The van der Waals surface area contributed by atoms with Crippen LogP contribution >= 0.6 is 0 Å². The molecule has 0 amide bonds. The summed E-state index contributed by atoms with van der Waals surface area (Å²) in [5.74, 6) is 4.27. The quantitative estimate of drug-likeness (QED) is 0.539. The van der Waals surface area contributed by atoms with E-state index in [2.05, 4.69) is 13.8 Å². The summed E-state index contributed by atoms with van der Waals surface area (Å²) >= 11 is 0. The van der Waals surface area contributed by atoms with Crippen LogP contribution in [0, 0.1) is 23.7 Å². The van der Waals surface area contributed by atoms with Gasteiger partial charge in [0.25, 0.3) is 0 Å². The van der Waals surface area contributed by atoms with Crippen molar-refractivity contribution in [1.82, 2.24) is 0 Å². The van der Waals surface area contributed by atoms with E-state index in [9.17, 15) is 0 Å². The first-order valence-electron chi connectivity index (χ1n) is 5.27. The molecule has 11 heavy (non-hydrogen) atoms. The summed E-state index contributed by atoms with van der Waals surface area (Å²) in [6.45, 7) is 4.81. The molecule has 3 atom stereocenters. The molecule has 2 aliphatic rings. The molecular formula is C11H20. The summed E-state index contributed by atoms with van der Waals surface area (Å²) in [6.07, 6.45) is 7.75. The van der Waals surface area contributed by atoms with Crippen molar-refractivity contribution < 1.29 is 0 Å². The lowest BCUT2D eigenvalue weighted by molar-refractivity contribution is 0.190. The lowest BCUT2D eigenvalue weighted by Crippen LogP contribution is -2.22. The second-order valence-electron chi connectivity index (χ2n) is 4.92. The number of fused-ring (bicyclic) bond motifs is 2. The SMILES string of the molecule is CC(C)C1CCC2CCC1C2. The molecule has 2 fully saturated rings. The van der Waals surface area contributed by atoms with Crippen LogP contribution in [0.1, 0.15) is 46.0 Å². The molecule has 0 heterocycles. The minimum absolute atomic E-state index is 0.944. The molecule has 0 nitrogen and oxygen atoms in total. The smallest absolute Gasteiger partial charge is 0.0362 e. The lowest BCUT2D eigenvalue weighted by Gasteiger charge is -2.31. The largest absolute Gasteiger partial charge is 0.0625 e. The first kappa shape index (κ1) is 7.64. The van der Waals surface area contributed by atoms with E-state index < -0.39 is 0 Å². The minimum atomic E-state index is 0.944. The van der Waals surface area contributed by atoms with Gasteiger partial charge in [0, 0.05) is 0 Å². The first-order chi connectivity index (χ1) is 5.27. The van der Waals surface area contributed by atoms with E-state index in [1.165, 1.54) is 6.42 Å². The van der Waals surface area contributed by atoms with Gasteiger partial charge in [-0.2, -0.15) is 0 Å². The van der Waals surface area contributed by atoms with Gasteiger partial charge in [0.1, 0.15) is 0 Å². The highest BCUT2D eigenvalue weighted by Gasteiger charge is 2.36. The standard InChI is InChI=1S/C11H20/c1-8(2)11-6-4-9-3-5-10(11)7-9/h8-11H,3-7H2,1-2H3. The summed E-state index contributed by atoms with van der Waals surface area (Å²) in [5, 5.41) is 0. The van der Waals surface area contributed by atoms with E-state index in [4.69, 9.17) is 0 Å². The normalized spacial score (nSPS) is 43.4. The van der Waals surface area contributed by atoms with Crippen LogP contribution in [0.4, 0.5) is 0 Å². The van der Waals surface area contributed by atoms with Crippen molar-refractivity contribution in [2.45, 2.75) is 46.0 Å². The second kappa shape index (κ2) is 2.80. The monoisotopic (exact) mass is 152 g/mol. The highest BCUT2D eigenvalue weighted by Crippen LogP contribution is 2.47. The highest BCUT2D eigenvalue weighted by atomic mass is 14.4. The van der Waals surface area contributed by atoms with Crippen molar-refractivity contribution in [2.24, 2.45) is 23.7 Å². The molecule has 0 N–H and O–H groups in total. The van der Waals surface area contributed by atoms with Gasteiger partial charge in [0.2, 0.25) is 0 Å². The second-order valence-corrected chi connectivity index (χ2v) is 4.92. The van der Waals surface area contributed by atoms with Crippen molar-refractivity contribution in [1.29, 1.82) is 0 Å². The van der Waals surface area contributed by atoms with E-state index in [1.54, 1.807) is 25.7 Å². The summed E-state index contributed by atoms with van der Waals surface area (Å²) in [7, 11) is 0. The number of hydrogen-bond acceptors (Lipinski definition) is 0. The predicted octanol–water partition coefficient (Wildman–Crippen LogP) is 3.47. The molecule has 3 unspecified atom stereocenters. The number of rotatable bonds is 1. The van der Waals surface area contributed by atoms with Crippen molar-refractivity contribution in [3.8, 4) is 0 Å². The van der Waals surface area contributed by atoms with E-state index in [0.29, 0.717) is 0 Å². The van der Waals surface area contributed by atoms with Gasteiger partial charge < -0.3 is 0 Å². The molecular weight excluding hydrogens is 132 g/mol. The zero-order chi connectivity index (χ0) is 7.84. The predicted molar refractivity (Wildman–Crippen MR) is 48.4 cm³/mol. The zero-order valence-electron chi connectivity index (χ0n) is 7.84. The van der Waals surface area contributed by atoms with Crippen LogP contribution < -0.4 is 0 Å².